The van der Waals surface area contributed by atoms with E-state index >= 15 is 0 Å². The molecule has 1 fully saturated rings. The summed E-state index contributed by atoms with van der Waals surface area (Å²) in [5, 5.41) is 12.5. The fraction of sp³-hybridized carbons (Fsp3) is 0.294. The minimum atomic E-state index is -3.65. The normalized spacial score (nSPS) is 17.4. The van der Waals surface area contributed by atoms with Gasteiger partial charge in [0.2, 0.25) is 5.91 Å². The van der Waals surface area contributed by atoms with Crippen molar-refractivity contribution in [3.05, 3.63) is 57.5 Å². The third kappa shape index (κ3) is 4.78. The summed E-state index contributed by atoms with van der Waals surface area (Å²) in [6.45, 7) is 0.336. The molecule has 1 aliphatic heterocycles. The molecule has 1 unspecified atom stereocenters. The number of hydrogen-bond acceptors (Lipinski definition) is 7. The SMILES string of the molecule is O=C(NNC(=O)C1CCCN(S(=O)(=O)c2cccs2)C1)c1cccc([N+](=O)[O-])c1. The molecule has 154 valence electrons. The first-order valence-electron chi connectivity index (χ1n) is 8.67. The number of carbonyl (C=O) groups excluding carboxylic acids is 2. The van der Waals surface area contributed by atoms with Crippen molar-refractivity contribution in [3.63, 3.8) is 0 Å². The summed E-state index contributed by atoms with van der Waals surface area (Å²) in [6, 6.07) is 8.25. The van der Waals surface area contributed by atoms with E-state index in [4.69, 9.17) is 0 Å². The molecule has 3 rings (SSSR count). The summed E-state index contributed by atoms with van der Waals surface area (Å²) in [4.78, 5) is 34.7. The number of non-ortho nitro benzene ring substituents is 1. The third-order valence-corrected chi connectivity index (χ3v) is 7.70. The van der Waals surface area contributed by atoms with Gasteiger partial charge in [0.1, 0.15) is 4.21 Å². The third-order valence-electron chi connectivity index (χ3n) is 4.46. The lowest BCUT2D eigenvalue weighted by atomic mass is 9.99. The number of sulfonamides is 1. The lowest BCUT2D eigenvalue weighted by Crippen LogP contribution is -2.49. The maximum Gasteiger partial charge on any atom is 0.270 e. The highest BCUT2D eigenvalue weighted by Gasteiger charge is 2.34. The van der Waals surface area contributed by atoms with Crippen LogP contribution in [0.15, 0.2) is 46.0 Å². The number of hydrogen-bond donors (Lipinski definition) is 2. The van der Waals surface area contributed by atoms with Gasteiger partial charge in [-0.2, -0.15) is 4.31 Å². The van der Waals surface area contributed by atoms with Crippen molar-refractivity contribution in [2.24, 2.45) is 5.92 Å². The number of carbonyl (C=O) groups is 2. The molecule has 2 N–H and O–H groups in total. The Balaban J connectivity index is 1.60. The molecule has 1 saturated heterocycles. The molecule has 2 heterocycles. The zero-order valence-corrected chi connectivity index (χ0v) is 16.7. The Kier molecular flexibility index (Phi) is 6.25. The number of nitro benzene ring substituents is 1. The predicted octanol–water partition coefficient (Wildman–Crippen LogP) is 1.52. The number of rotatable bonds is 5. The molecule has 1 aliphatic rings. The van der Waals surface area contributed by atoms with Crippen molar-refractivity contribution in [2.75, 3.05) is 13.1 Å². The Hall–Kier alpha value is -2.83. The lowest BCUT2D eigenvalue weighted by molar-refractivity contribution is -0.384. The molecule has 0 saturated carbocycles. The van der Waals surface area contributed by atoms with E-state index in [1.165, 1.54) is 28.6 Å². The molecule has 1 aromatic heterocycles. The smallest absolute Gasteiger partial charge is 0.270 e. The molecule has 0 radical (unpaired) electrons. The van der Waals surface area contributed by atoms with Crippen LogP contribution in [-0.2, 0) is 14.8 Å². The average Bonchev–Trinajstić information content (AvgIpc) is 3.27. The average molecular weight is 438 g/mol. The van der Waals surface area contributed by atoms with Crippen molar-refractivity contribution in [1.29, 1.82) is 0 Å². The highest BCUT2D eigenvalue weighted by atomic mass is 32.2. The van der Waals surface area contributed by atoms with E-state index in [9.17, 15) is 28.1 Å². The second-order valence-corrected chi connectivity index (χ2v) is 9.50. The summed E-state index contributed by atoms with van der Waals surface area (Å²) < 4.78 is 26.8. The highest BCUT2D eigenvalue weighted by molar-refractivity contribution is 7.91. The molecule has 0 aliphatic carbocycles. The van der Waals surface area contributed by atoms with Gasteiger partial charge in [-0.15, -0.1) is 11.3 Å². The van der Waals surface area contributed by atoms with Gasteiger partial charge in [-0.25, -0.2) is 8.42 Å². The van der Waals surface area contributed by atoms with E-state index in [2.05, 4.69) is 10.9 Å². The summed E-state index contributed by atoms with van der Waals surface area (Å²) in [7, 11) is -3.65. The minimum absolute atomic E-state index is 0.0126. The van der Waals surface area contributed by atoms with E-state index < -0.39 is 32.7 Å². The van der Waals surface area contributed by atoms with Gasteiger partial charge in [0.15, 0.2) is 0 Å². The van der Waals surface area contributed by atoms with Gasteiger partial charge in [0.25, 0.3) is 21.6 Å². The van der Waals surface area contributed by atoms with Crippen molar-refractivity contribution in [2.45, 2.75) is 17.1 Å². The molecule has 10 nitrogen and oxygen atoms in total. The number of nitrogens with one attached hydrogen (secondary N) is 2. The molecule has 1 aromatic carbocycles. The summed E-state index contributed by atoms with van der Waals surface area (Å²) in [5.74, 6) is -1.85. The van der Waals surface area contributed by atoms with Crippen LogP contribution in [0.25, 0.3) is 0 Å². The van der Waals surface area contributed by atoms with E-state index in [1.807, 2.05) is 0 Å². The maximum absolute atomic E-state index is 12.6. The van der Waals surface area contributed by atoms with E-state index in [0.717, 1.165) is 17.4 Å². The second kappa shape index (κ2) is 8.68. The fourth-order valence-corrected chi connectivity index (χ4v) is 5.63. The number of nitrogens with zero attached hydrogens (tertiary/aromatic N) is 2. The van der Waals surface area contributed by atoms with Crippen molar-refractivity contribution in [3.8, 4) is 0 Å². The van der Waals surface area contributed by atoms with Crippen LogP contribution in [0.1, 0.15) is 23.2 Å². The zero-order chi connectivity index (χ0) is 21.0. The van der Waals surface area contributed by atoms with E-state index in [0.29, 0.717) is 19.4 Å². The quantitative estimate of drug-likeness (QED) is 0.536. The highest BCUT2D eigenvalue weighted by Crippen LogP contribution is 2.26. The lowest BCUT2D eigenvalue weighted by Gasteiger charge is -2.30. The van der Waals surface area contributed by atoms with Crippen LogP contribution in [-0.4, -0.2) is 42.6 Å². The summed E-state index contributed by atoms with van der Waals surface area (Å²) >= 11 is 1.11. The van der Waals surface area contributed by atoms with E-state index in [1.54, 1.807) is 11.4 Å². The second-order valence-electron chi connectivity index (χ2n) is 6.39. The monoisotopic (exact) mass is 438 g/mol. The molecule has 12 heteroatoms. The fourth-order valence-electron chi connectivity index (χ4n) is 2.97. The predicted molar refractivity (Wildman–Crippen MR) is 105 cm³/mol. The number of hydrazine groups is 1. The van der Waals surface area contributed by atoms with Gasteiger partial charge in [0.05, 0.1) is 10.8 Å². The van der Waals surface area contributed by atoms with Gasteiger partial charge in [0, 0.05) is 30.8 Å². The Morgan fingerprint density at radius 1 is 1.21 bits per heavy atom. The Morgan fingerprint density at radius 3 is 2.69 bits per heavy atom. The van der Waals surface area contributed by atoms with Gasteiger partial charge < -0.3 is 0 Å². The Labute approximate surface area is 170 Å². The van der Waals surface area contributed by atoms with Gasteiger partial charge >= 0.3 is 0 Å². The zero-order valence-electron chi connectivity index (χ0n) is 15.1. The Morgan fingerprint density at radius 2 is 2.00 bits per heavy atom. The van der Waals surface area contributed by atoms with Gasteiger partial charge in [-0.1, -0.05) is 12.1 Å². The van der Waals surface area contributed by atoms with Crippen LogP contribution in [0.3, 0.4) is 0 Å². The summed E-state index contributed by atoms with van der Waals surface area (Å²) in [6.07, 6.45) is 0.997. The topological polar surface area (TPSA) is 139 Å². The van der Waals surface area contributed by atoms with E-state index in [-0.39, 0.29) is 22.0 Å². The minimum Gasteiger partial charge on any atom is -0.273 e. The standard InChI is InChI=1S/C17H18N4O6S2/c22-16(12-4-1-6-14(10-12)21(24)25)18-19-17(23)13-5-2-8-20(11-13)29(26,27)15-7-3-9-28-15/h1,3-4,6-7,9-10,13H,2,5,8,11H2,(H,18,22)(H,19,23). The molecule has 0 spiro atoms. The first-order chi connectivity index (χ1) is 13.8. The molecule has 2 amide bonds. The first kappa shape index (κ1) is 20.9. The number of thiophene rings is 1. The van der Waals surface area contributed by atoms with Crippen LogP contribution in [0.2, 0.25) is 0 Å². The maximum atomic E-state index is 12.6. The van der Waals surface area contributed by atoms with Crippen molar-refractivity contribution in [1.82, 2.24) is 15.2 Å². The van der Waals surface area contributed by atoms with Crippen LogP contribution in [0.4, 0.5) is 5.69 Å². The molecule has 1 atom stereocenters. The van der Waals surface area contributed by atoms with Gasteiger partial charge in [-0.3, -0.25) is 30.6 Å². The first-order valence-corrected chi connectivity index (χ1v) is 11.0. The Bertz CT molecular complexity index is 1020. The van der Waals surface area contributed by atoms with Gasteiger partial charge in [-0.05, 0) is 30.4 Å². The number of piperidine rings is 1. The van der Waals surface area contributed by atoms with Crippen LogP contribution in [0.5, 0.6) is 0 Å². The summed E-state index contributed by atoms with van der Waals surface area (Å²) in [5.41, 5.74) is 4.27. The van der Waals surface area contributed by atoms with Crippen LogP contribution in [0, 0.1) is 16.0 Å². The van der Waals surface area contributed by atoms with Crippen molar-refractivity contribution < 1.29 is 22.9 Å². The molecule has 29 heavy (non-hydrogen) atoms. The molecular weight excluding hydrogens is 420 g/mol. The molecule has 0 bridgehead atoms. The largest absolute Gasteiger partial charge is 0.273 e. The number of benzene rings is 1. The number of amides is 2. The van der Waals surface area contributed by atoms with Crippen molar-refractivity contribution >= 4 is 38.9 Å². The number of nitro groups is 1. The van der Waals surface area contributed by atoms with Crippen LogP contribution >= 0.6 is 11.3 Å². The molecule has 2 aromatic rings. The molecular formula is C17H18N4O6S2. The van der Waals surface area contributed by atoms with Crippen LogP contribution < -0.4 is 10.9 Å².